The van der Waals surface area contributed by atoms with Crippen molar-refractivity contribution in [2.24, 2.45) is 4.99 Å². The predicted molar refractivity (Wildman–Crippen MR) is 125 cm³/mol. The molecule has 1 aromatic rings. The number of benzene rings is 1. The molecule has 1 aliphatic heterocycles. The van der Waals surface area contributed by atoms with Crippen LogP contribution < -0.4 is 15.5 Å². The molecule has 2 N–H and O–H groups in total. The minimum atomic E-state index is -0.524. The molecule has 2 atom stereocenters. The van der Waals surface area contributed by atoms with E-state index in [1.165, 1.54) is 18.2 Å². The molecular formula is C20H34F2IN5O. The van der Waals surface area contributed by atoms with Crippen molar-refractivity contribution in [1.29, 1.82) is 0 Å². The number of guanidine groups is 1. The molecular weight excluding hydrogens is 491 g/mol. The summed E-state index contributed by atoms with van der Waals surface area (Å²) in [4.78, 5) is 8.15. The number of nitrogens with zero attached hydrogens (tertiary/aromatic N) is 3. The molecule has 6 nitrogen and oxygen atoms in total. The number of halogens is 3. The van der Waals surface area contributed by atoms with E-state index in [0.717, 1.165) is 19.4 Å². The van der Waals surface area contributed by atoms with Crippen molar-refractivity contribution in [2.75, 3.05) is 58.8 Å². The van der Waals surface area contributed by atoms with Crippen molar-refractivity contribution in [3.8, 4) is 0 Å². The van der Waals surface area contributed by atoms with Crippen LogP contribution in [0.25, 0.3) is 0 Å². The Bertz CT molecular complexity index is 627. The first-order valence-electron chi connectivity index (χ1n) is 9.87. The van der Waals surface area contributed by atoms with Gasteiger partial charge in [0, 0.05) is 45.9 Å². The van der Waals surface area contributed by atoms with Crippen LogP contribution in [0.15, 0.2) is 23.2 Å². The summed E-state index contributed by atoms with van der Waals surface area (Å²) >= 11 is 0. The van der Waals surface area contributed by atoms with Gasteiger partial charge in [-0.3, -0.25) is 4.99 Å². The molecule has 0 amide bonds. The van der Waals surface area contributed by atoms with E-state index in [0.29, 0.717) is 32.2 Å². The summed E-state index contributed by atoms with van der Waals surface area (Å²) in [6, 6.07) is 4.04. The van der Waals surface area contributed by atoms with Crippen LogP contribution in [-0.2, 0) is 4.74 Å². The van der Waals surface area contributed by atoms with Gasteiger partial charge in [-0.2, -0.15) is 0 Å². The molecule has 0 aromatic heterocycles. The maximum Gasteiger partial charge on any atom is 0.191 e. The molecule has 2 unspecified atom stereocenters. The zero-order valence-corrected chi connectivity index (χ0v) is 20.1. The molecule has 1 fully saturated rings. The highest BCUT2D eigenvalue weighted by atomic mass is 127. The summed E-state index contributed by atoms with van der Waals surface area (Å²) in [5.41, 5.74) is 0.0508. The Morgan fingerprint density at radius 2 is 2.03 bits per heavy atom. The topological polar surface area (TPSA) is 52.1 Å². The fourth-order valence-corrected chi connectivity index (χ4v) is 3.35. The van der Waals surface area contributed by atoms with Gasteiger partial charge in [-0.15, -0.1) is 24.0 Å². The number of para-hydroxylation sites is 1. The van der Waals surface area contributed by atoms with E-state index in [1.54, 1.807) is 11.9 Å². The van der Waals surface area contributed by atoms with Crippen LogP contribution in [0.2, 0.25) is 0 Å². The molecule has 0 spiro atoms. The fraction of sp³-hybridized carbons (Fsp3) is 0.650. The van der Waals surface area contributed by atoms with Gasteiger partial charge in [0.25, 0.3) is 0 Å². The van der Waals surface area contributed by atoms with Gasteiger partial charge >= 0.3 is 0 Å². The third-order valence-electron chi connectivity index (χ3n) is 4.80. The standard InChI is InChI=1S/C20H33F2N5O.HI/c1-5-28-16(10-11-26(3)4)13-24-20(23-2)25-15-9-12-27(14-15)19-17(21)7-6-8-18(19)22;/h6-8,15-16H,5,9-14H2,1-4H3,(H2,23,24,25);1H. The van der Waals surface area contributed by atoms with E-state index in [9.17, 15) is 8.78 Å². The number of hydrogen-bond donors (Lipinski definition) is 2. The molecule has 1 aliphatic rings. The van der Waals surface area contributed by atoms with Crippen LogP contribution in [-0.4, -0.2) is 76.9 Å². The molecule has 1 saturated heterocycles. The highest BCUT2D eigenvalue weighted by molar-refractivity contribution is 14.0. The summed E-state index contributed by atoms with van der Waals surface area (Å²) in [6.45, 7) is 5.37. The first kappa shape index (κ1) is 25.8. The summed E-state index contributed by atoms with van der Waals surface area (Å²) in [5.74, 6) is -0.373. The fourth-order valence-electron chi connectivity index (χ4n) is 3.35. The van der Waals surface area contributed by atoms with E-state index in [2.05, 4.69) is 20.5 Å². The van der Waals surface area contributed by atoms with Gasteiger partial charge in [-0.1, -0.05) is 6.07 Å². The van der Waals surface area contributed by atoms with E-state index in [4.69, 9.17) is 4.74 Å². The predicted octanol–water partition coefficient (Wildman–Crippen LogP) is 2.68. The normalized spacial score (nSPS) is 18.0. The van der Waals surface area contributed by atoms with E-state index in [-0.39, 0.29) is 41.8 Å². The van der Waals surface area contributed by atoms with Gasteiger partial charge in [0.2, 0.25) is 0 Å². The highest BCUT2D eigenvalue weighted by Gasteiger charge is 2.27. The smallest absolute Gasteiger partial charge is 0.191 e. The molecule has 9 heteroatoms. The lowest BCUT2D eigenvalue weighted by molar-refractivity contribution is 0.0548. The third kappa shape index (κ3) is 8.21. The monoisotopic (exact) mass is 525 g/mol. The van der Waals surface area contributed by atoms with Crippen molar-refractivity contribution in [1.82, 2.24) is 15.5 Å². The van der Waals surface area contributed by atoms with Gasteiger partial charge in [0.1, 0.15) is 17.3 Å². The van der Waals surface area contributed by atoms with Crippen molar-refractivity contribution in [3.63, 3.8) is 0 Å². The molecule has 1 heterocycles. The number of rotatable bonds is 9. The molecule has 166 valence electrons. The second kappa shape index (κ2) is 13.2. The number of ether oxygens (including phenoxy) is 1. The average Bonchev–Trinajstić information content (AvgIpc) is 3.10. The first-order valence-corrected chi connectivity index (χ1v) is 9.87. The number of aliphatic imine (C=N–C) groups is 1. The van der Waals surface area contributed by atoms with Crippen molar-refractivity contribution >= 4 is 35.6 Å². The van der Waals surface area contributed by atoms with Gasteiger partial charge in [0.15, 0.2) is 5.96 Å². The minimum absolute atomic E-state index is 0. The lowest BCUT2D eigenvalue weighted by atomic mass is 10.2. The Hall–Kier alpha value is -1.20. The van der Waals surface area contributed by atoms with Crippen LogP contribution in [0, 0.1) is 11.6 Å². The van der Waals surface area contributed by atoms with Gasteiger partial charge < -0.3 is 25.2 Å². The van der Waals surface area contributed by atoms with E-state index in [1.807, 2.05) is 21.0 Å². The Kier molecular flexibility index (Phi) is 11.7. The van der Waals surface area contributed by atoms with Gasteiger partial charge in [0.05, 0.1) is 6.10 Å². The molecule has 0 bridgehead atoms. The minimum Gasteiger partial charge on any atom is -0.377 e. The molecule has 1 aromatic carbocycles. The molecule has 0 radical (unpaired) electrons. The largest absolute Gasteiger partial charge is 0.377 e. The summed E-state index contributed by atoms with van der Waals surface area (Å²) in [6.07, 6.45) is 1.80. The van der Waals surface area contributed by atoms with Crippen LogP contribution >= 0.6 is 24.0 Å². The highest BCUT2D eigenvalue weighted by Crippen LogP contribution is 2.26. The number of anilines is 1. The van der Waals surface area contributed by atoms with Crippen LogP contribution in [0.5, 0.6) is 0 Å². The average molecular weight is 525 g/mol. The van der Waals surface area contributed by atoms with Crippen LogP contribution in [0.1, 0.15) is 19.8 Å². The molecule has 0 saturated carbocycles. The molecule has 0 aliphatic carbocycles. The maximum atomic E-state index is 14.0. The summed E-state index contributed by atoms with van der Waals surface area (Å²) in [5, 5.41) is 6.66. The lowest BCUT2D eigenvalue weighted by Gasteiger charge is -2.23. The second-order valence-electron chi connectivity index (χ2n) is 7.27. The van der Waals surface area contributed by atoms with Crippen LogP contribution in [0.3, 0.4) is 0 Å². The van der Waals surface area contributed by atoms with Crippen molar-refractivity contribution in [3.05, 3.63) is 29.8 Å². The number of hydrogen-bond acceptors (Lipinski definition) is 4. The Balaban J connectivity index is 0.00000420. The Morgan fingerprint density at radius 3 is 2.62 bits per heavy atom. The third-order valence-corrected chi connectivity index (χ3v) is 4.80. The Labute approximate surface area is 190 Å². The lowest BCUT2D eigenvalue weighted by Crippen LogP contribution is -2.47. The summed E-state index contributed by atoms with van der Waals surface area (Å²) < 4.78 is 33.8. The first-order chi connectivity index (χ1) is 13.4. The summed E-state index contributed by atoms with van der Waals surface area (Å²) in [7, 11) is 5.80. The van der Waals surface area contributed by atoms with E-state index >= 15 is 0 Å². The van der Waals surface area contributed by atoms with Gasteiger partial charge in [-0.25, -0.2) is 8.78 Å². The SMILES string of the molecule is CCOC(CCN(C)C)CNC(=NC)NC1CCN(c2c(F)cccc2F)C1.I. The van der Waals surface area contributed by atoms with Crippen molar-refractivity contribution < 1.29 is 13.5 Å². The van der Waals surface area contributed by atoms with Crippen LogP contribution in [0.4, 0.5) is 14.5 Å². The zero-order chi connectivity index (χ0) is 20.5. The van der Waals surface area contributed by atoms with E-state index < -0.39 is 11.6 Å². The second-order valence-corrected chi connectivity index (χ2v) is 7.27. The van der Waals surface area contributed by atoms with Crippen molar-refractivity contribution in [2.45, 2.75) is 31.9 Å². The quantitative estimate of drug-likeness (QED) is 0.295. The van der Waals surface area contributed by atoms with Gasteiger partial charge in [-0.05, 0) is 46.0 Å². The molecule has 2 rings (SSSR count). The maximum absolute atomic E-state index is 14.0. The number of nitrogens with one attached hydrogen (secondary N) is 2. The molecule has 29 heavy (non-hydrogen) atoms. The Morgan fingerprint density at radius 1 is 1.34 bits per heavy atom. The zero-order valence-electron chi connectivity index (χ0n) is 17.8.